The maximum Gasteiger partial charge on any atom is 0.308 e. The van der Waals surface area contributed by atoms with E-state index in [9.17, 15) is 4.79 Å². The Labute approximate surface area is 75.3 Å². The minimum Gasteiger partial charge on any atom is -0.424 e. The van der Waals surface area contributed by atoms with Crippen LogP contribution in [0.2, 0.25) is 0 Å². The largest absolute Gasteiger partial charge is 0.424 e. The number of H-pyrrole nitrogens is 1. The van der Waals surface area contributed by atoms with E-state index in [2.05, 4.69) is 4.98 Å². The fourth-order valence-corrected chi connectivity index (χ4v) is 1.30. The van der Waals surface area contributed by atoms with Gasteiger partial charge in [-0.3, -0.25) is 4.79 Å². The van der Waals surface area contributed by atoms with E-state index in [4.69, 9.17) is 4.74 Å². The van der Waals surface area contributed by atoms with E-state index >= 15 is 0 Å². The van der Waals surface area contributed by atoms with Crippen LogP contribution in [0.25, 0.3) is 10.9 Å². The first-order valence-electron chi connectivity index (χ1n) is 4.02. The first-order chi connectivity index (χ1) is 6.27. The standard InChI is InChI=1S/C10H9NO2/c1-7(12)13-9-4-2-3-8-5-6-11-10(8)9/h2-6,11H,1H3. The first kappa shape index (κ1) is 7.86. The predicted molar refractivity (Wildman–Crippen MR) is 49.6 cm³/mol. The summed E-state index contributed by atoms with van der Waals surface area (Å²) in [5.41, 5.74) is 0.859. The van der Waals surface area contributed by atoms with Gasteiger partial charge in [-0.2, -0.15) is 0 Å². The first-order valence-corrected chi connectivity index (χ1v) is 4.02. The third-order valence-corrected chi connectivity index (χ3v) is 1.80. The lowest BCUT2D eigenvalue weighted by molar-refractivity contribution is -0.131. The van der Waals surface area contributed by atoms with Crippen LogP contribution in [0.15, 0.2) is 30.5 Å². The SMILES string of the molecule is CC(=O)Oc1cccc2cc[nH]c12. The molecule has 0 fully saturated rings. The van der Waals surface area contributed by atoms with Gasteiger partial charge in [0.05, 0.1) is 5.52 Å². The molecule has 0 aliphatic carbocycles. The Balaban J connectivity index is 2.54. The molecule has 1 aromatic carbocycles. The minimum absolute atomic E-state index is 0.304. The second-order valence-corrected chi connectivity index (χ2v) is 2.79. The molecule has 1 heterocycles. The molecule has 3 nitrogen and oxygen atoms in total. The summed E-state index contributed by atoms with van der Waals surface area (Å²) >= 11 is 0. The highest BCUT2D eigenvalue weighted by atomic mass is 16.5. The maximum atomic E-state index is 10.7. The van der Waals surface area contributed by atoms with Gasteiger partial charge >= 0.3 is 5.97 Å². The van der Waals surface area contributed by atoms with Crippen LogP contribution in [-0.2, 0) is 4.79 Å². The molecule has 0 saturated carbocycles. The van der Waals surface area contributed by atoms with Gasteiger partial charge in [0.15, 0.2) is 5.75 Å². The summed E-state index contributed by atoms with van der Waals surface area (Å²) in [6.45, 7) is 1.39. The van der Waals surface area contributed by atoms with Gasteiger partial charge in [-0.25, -0.2) is 0 Å². The van der Waals surface area contributed by atoms with Gasteiger partial charge in [-0.05, 0) is 12.1 Å². The van der Waals surface area contributed by atoms with Crippen molar-refractivity contribution in [2.75, 3.05) is 0 Å². The molecule has 0 aliphatic rings. The smallest absolute Gasteiger partial charge is 0.308 e. The molecule has 0 bridgehead atoms. The van der Waals surface area contributed by atoms with E-state index in [1.807, 2.05) is 24.4 Å². The summed E-state index contributed by atoms with van der Waals surface area (Å²) < 4.78 is 5.02. The number of nitrogens with one attached hydrogen (secondary N) is 1. The Morgan fingerprint density at radius 3 is 3.00 bits per heavy atom. The maximum absolute atomic E-state index is 10.7. The number of aromatic amines is 1. The summed E-state index contributed by atoms with van der Waals surface area (Å²) in [5.74, 6) is 0.275. The number of benzene rings is 1. The predicted octanol–water partition coefficient (Wildman–Crippen LogP) is 2.09. The summed E-state index contributed by atoms with van der Waals surface area (Å²) in [6, 6.07) is 7.51. The van der Waals surface area contributed by atoms with Crippen molar-refractivity contribution in [1.29, 1.82) is 0 Å². The van der Waals surface area contributed by atoms with Crippen molar-refractivity contribution in [3.05, 3.63) is 30.5 Å². The molecule has 0 atom stereocenters. The second-order valence-electron chi connectivity index (χ2n) is 2.79. The summed E-state index contributed by atoms with van der Waals surface area (Å²) in [5, 5.41) is 1.04. The highest BCUT2D eigenvalue weighted by molar-refractivity contribution is 5.87. The summed E-state index contributed by atoms with van der Waals surface area (Å²) in [4.78, 5) is 13.8. The Bertz CT molecular complexity index is 445. The molecule has 13 heavy (non-hydrogen) atoms. The molecule has 3 heteroatoms. The molecule has 0 unspecified atom stereocenters. The number of fused-ring (bicyclic) bond motifs is 1. The number of carbonyl (C=O) groups is 1. The monoisotopic (exact) mass is 175 g/mol. The number of ether oxygens (including phenoxy) is 1. The molecule has 2 aromatic rings. The van der Waals surface area contributed by atoms with E-state index in [0.717, 1.165) is 10.9 Å². The number of hydrogen-bond acceptors (Lipinski definition) is 2. The third kappa shape index (κ3) is 1.40. The molecule has 0 radical (unpaired) electrons. The highest BCUT2D eigenvalue weighted by Crippen LogP contribution is 2.23. The average molecular weight is 175 g/mol. The average Bonchev–Trinajstić information content (AvgIpc) is 2.51. The number of para-hydroxylation sites is 1. The van der Waals surface area contributed by atoms with Crippen molar-refractivity contribution in [2.45, 2.75) is 6.92 Å². The quantitative estimate of drug-likeness (QED) is 0.532. The van der Waals surface area contributed by atoms with Crippen molar-refractivity contribution in [3.8, 4) is 5.75 Å². The second kappa shape index (κ2) is 2.94. The van der Waals surface area contributed by atoms with Crippen molar-refractivity contribution >= 4 is 16.9 Å². The zero-order valence-electron chi connectivity index (χ0n) is 7.20. The molecule has 0 amide bonds. The van der Waals surface area contributed by atoms with Gasteiger partial charge in [0.1, 0.15) is 0 Å². The Morgan fingerprint density at radius 2 is 2.23 bits per heavy atom. The molecule has 0 aliphatic heterocycles. The Kier molecular flexibility index (Phi) is 1.77. The highest BCUT2D eigenvalue weighted by Gasteiger charge is 2.03. The summed E-state index contributed by atoms with van der Waals surface area (Å²) in [6.07, 6.45) is 1.82. The zero-order chi connectivity index (χ0) is 9.26. The van der Waals surface area contributed by atoms with Crippen molar-refractivity contribution in [1.82, 2.24) is 4.98 Å². The number of hydrogen-bond donors (Lipinski definition) is 1. The normalized spacial score (nSPS) is 10.2. The van der Waals surface area contributed by atoms with E-state index in [1.54, 1.807) is 6.07 Å². The number of carbonyl (C=O) groups excluding carboxylic acids is 1. The topological polar surface area (TPSA) is 42.1 Å². The molecule has 1 aromatic heterocycles. The number of esters is 1. The van der Waals surface area contributed by atoms with E-state index < -0.39 is 0 Å². The lowest BCUT2D eigenvalue weighted by Gasteiger charge is -2.01. The van der Waals surface area contributed by atoms with Crippen LogP contribution in [0.3, 0.4) is 0 Å². The van der Waals surface area contributed by atoms with Crippen LogP contribution in [0, 0.1) is 0 Å². The van der Waals surface area contributed by atoms with Crippen LogP contribution in [-0.4, -0.2) is 11.0 Å². The summed E-state index contributed by atoms with van der Waals surface area (Å²) in [7, 11) is 0. The van der Waals surface area contributed by atoms with Crippen LogP contribution in [0.5, 0.6) is 5.75 Å². The van der Waals surface area contributed by atoms with Gasteiger partial charge < -0.3 is 9.72 Å². The van der Waals surface area contributed by atoms with Gasteiger partial charge in [-0.1, -0.05) is 12.1 Å². The van der Waals surface area contributed by atoms with Gasteiger partial charge in [-0.15, -0.1) is 0 Å². The molecule has 0 saturated heterocycles. The molecular formula is C10H9NO2. The van der Waals surface area contributed by atoms with Crippen molar-refractivity contribution in [2.24, 2.45) is 0 Å². The van der Waals surface area contributed by atoms with E-state index in [-0.39, 0.29) is 5.97 Å². The molecule has 2 rings (SSSR count). The van der Waals surface area contributed by atoms with E-state index in [1.165, 1.54) is 6.92 Å². The fourth-order valence-electron chi connectivity index (χ4n) is 1.30. The lowest BCUT2D eigenvalue weighted by atomic mass is 10.2. The third-order valence-electron chi connectivity index (χ3n) is 1.80. The van der Waals surface area contributed by atoms with Gasteiger partial charge in [0.2, 0.25) is 0 Å². The van der Waals surface area contributed by atoms with Crippen molar-refractivity contribution in [3.63, 3.8) is 0 Å². The Hall–Kier alpha value is -1.77. The molecule has 66 valence electrons. The minimum atomic E-state index is -0.304. The molecule has 1 N–H and O–H groups in total. The molecule has 0 spiro atoms. The van der Waals surface area contributed by atoms with Gasteiger partial charge in [0, 0.05) is 18.5 Å². The Morgan fingerprint density at radius 1 is 1.38 bits per heavy atom. The van der Waals surface area contributed by atoms with Gasteiger partial charge in [0.25, 0.3) is 0 Å². The van der Waals surface area contributed by atoms with Crippen LogP contribution in [0.1, 0.15) is 6.92 Å². The van der Waals surface area contributed by atoms with Crippen LogP contribution in [0.4, 0.5) is 0 Å². The zero-order valence-corrected chi connectivity index (χ0v) is 7.20. The van der Waals surface area contributed by atoms with Crippen LogP contribution < -0.4 is 4.74 Å². The lowest BCUT2D eigenvalue weighted by Crippen LogP contribution is -2.01. The number of rotatable bonds is 1. The molecular weight excluding hydrogens is 166 g/mol. The van der Waals surface area contributed by atoms with E-state index in [0.29, 0.717) is 5.75 Å². The number of aromatic nitrogens is 1. The fraction of sp³-hybridized carbons (Fsp3) is 0.100. The van der Waals surface area contributed by atoms with Crippen LogP contribution >= 0.6 is 0 Å². The van der Waals surface area contributed by atoms with Crippen molar-refractivity contribution < 1.29 is 9.53 Å².